The molecule has 0 aromatic heterocycles. The van der Waals surface area contributed by atoms with E-state index >= 15 is 0 Å². The number of aliphatic imine (C=N–C) groups is 1. The maximum atomic E-state index is 12.0. The highest BCUT2D eigenvalue weighted by Crippen LogP contribution is 2.29. The molecule has 0 saturated carbocycles. The number of nitrogens with one attached hydrogen (secondary N) is 1. The van der Waals surface area contributed by atoms with Crippen LogP contribution in [0.3, 0.4) is 0 Å². The first-order valence-electron chi connectivity index (χ1n) is 6.83. The van der Waals surface area contributed by atoms with Crippen LogP contribution in [0.15, 0.2) is 58.4 Å². The minimum atomic E-state index is -0.165. The largest absolute Gasteiger partial charge is 0.497 e. The van der Waals surface area contributed by atoms with Gasteiger partial charge in [-0.05, 0) is 59.8 Å². The number of rotatable bonds is 3. The summed E-state index contributed by atoms with van der Waals surface area (Å²) in [4.78, 5) is 17.0. The SMILES string of the molecule is COc1ccc(N=C2NC(=O)/C(=C/c3cccc(Cl)c3)S2)cc1. The number of thioether (sulfide) groups is 1. The zero-order chi connectivity index (χ0) is 16.2. The average Bonchev–Trinajstić information content (AvgIpc) is 2.87. The molecular weight excluding hydrogens is 332 g/mol. The molecule has 1 saturated heterocycles. The Labute approximate surface area is 143 Å². The van der Waals surface area contributed by atoms with Crippen LogP contribution < -0.4 is 10.1 Å². The molecule has 0 unspecified atom stereocenters. The number of nitrogens with zero attached hydrogens (tertiary/aromatic N) is 1. The van der Waals surface area contributed by atoms with Crippen LogP contribution in [0.5, 0.6) is 5.75 Å². The van der Waals surface area contributed by atoms with Gasteiger partial charge < -0.3 is 10.1 Å². The lowest BCUT2D eigenvalue weighted by Gasteiger charge is -1.99. The molecule has 6 heteroatoms. The summed E-state index contributed by atoms with van der Waals surface area (Å²) in [5.41, 5.74) is 1.62. The Bertz CT molecular complexity index is 800. The predicted molar refractivity (Wildman–Crippen MR) is 95.3 cm³/mol. The van der Waals surface area contributed by atoms with Gasteiger partial charge >= 0.3 is 0 Å². The lowest BCUT2D eigenvalue weighted by atomic mass is 10.2. The number of amidine groups is 1. The summed E-state index contributed by atoms with van der Waals surface area (Å²) < 4.78 is 5.11. The predicted octanol–water partition coefficient (Wildman–Crippen LogP) is 4.24. The van der Waals surface area contributed by atoms with Gasteiger partial charge in [-0.15, -0.1) is 0 Å². The fourth-order valence-corrected chi connectivity index (χ4v) is 3.04. The number of amides is 1. The minimum Gasteiger partial charge on any atom is -0.497 e. The van der Waals surface area contributed by atoms with Crippen molar-refractivity contribution in [3.63, 3.8) is 0 Å². The van der Waals surface area contributed by atoms with Crippen molar-refractivity contribution in [1.82, 2.24) is 5.32 Å². The van der Waals surface area contributed by atoms with E-state index in [0.717, 1.165) is 17.0 Å². The number of benzene rings is 2. The van der Waals surface area contributed by atoms with Crippen molar-refractivity contribution in [2.24, 2.45) is 4.99 Å². The van der Waals surface area contributed by atoms with E-state index < -0.39 is 0 Å². The van der Waals surface area contributed by atoms with Gasteiger partial charge in [-0.25, -0.2) is 4.99 Å². The molecule has 0 bridgehead atoms. The van der Waals surface area contributed by atoms with Gasteiger partial charge in [-0.2, -0.15) is 0 Å². The quantitative estimate of drug-likeness (QED) is 0.847. The van der Waals surface area contributed by atoms with Gasteiger partial charge in [0.1, 0.15) is 5.75 Å². The molecule has 0 atom stereocenters. The van der Waals surface area contributed by atoms with Crippen LogP contribution in [0.4, 0.5) is 5.69 Å². The molecule has 0 radical (unpaired) electrons. The van der Waals surface area contributed by atoms with Crippen molar-refractivity contribution in [3.05, 3.63) is 64.0 Å². The van der Waals surface area contributed by atoms with Crippen molar-refractivity contribution in [2.75, 3.05) is 7.11 Å². The molecule has 2 aromatic carbocycles. The Morgan fingerprint density at radius 3 is 2.70 bits per heavy atom. The summed E-state index contributed by atoms with van der Waals surface area (Å²) >= 11 is 7.26. The van der Waals surface area contributed by atoms with E-state index in [4.69, 9.17) is 16.3 Å². The zero-order valence-electron chi connectivity index (χ0n) is 12.2. The first kappa shape index (κ1) is 15.6. The fourth-order valence-electron chi connectivity index (χ4n) is 2.00. The van der Waals surface area contributed by atoms with Gasteiger partial charge in [0.2, 0.25) is 0 Å². The Morgan fingerprint density at radius 1 is 1.22 bits per heavy atom. The van der Waals surface area contributed by atoms with E-state index in [9.17, 15) is 4.79 Å². The summed E-state index contributed by atoms with van der Waals surface area (Å²) in [5, 5.41) is 3.94. The van der Waals surface area contributed by atoms with Crippen LogP contribution in [0, 0.1) is 0 Å². The Morgan fingerprint density at radius 2 is 2.00 bits per heavy atom. The van der Waals surface area contributed by atoms with E-state index in [2.05, 4.69) is 10.3 Å². The van der Waals surface area contributed by atoms with Crippen molar-refractivity contribution < 1.29 is 9.53 Å². The number of hydrogen-bond donors (Lipinski definition) is 1. The zero-order valence-corrected chi connectivity index (χ0v) is 13.8. The first-order valence-corrected chi connectivity index (χ1v) is 8.03. The second-order valence-electron chi connectivity index (χ2n) is 4.73. The molecule has 1 N–H and O–H groups in total. The number of hydrogen-bond acceptors (Lipinski definition) is 4. The summed E-state index contributed by atoms with van der Waals surface area (Å²) in [6.45, 7) is 0. The summed E-state index contributed by atoms with van der Waals surface area (Å²) in [6.07, 6.45) is 1.79. The number of ether oxygens (including phenoxy) is 1. The second kappa shape index (κ2) is 6.89. The third kappa shape index (κ3) is 3.94. The summed E-state index contributed by atoms with van der Waals surface area (Å²) in [6, 6.07) is 14.6. The number of halogens is 1. The summed E-state index contributed by atoms with van der Waals surface area (Å²) in [7, 11) is 1.61. The number of carbonyl (C=O) groups is 1. The fraction of sp³-hybridized carbons (Fsp3) is 0.0588. The summed E-state index contributed by atoms with van der Waals surface area (Å²) in [5.74, 6) is 0.598. The van der Waals surface area contributed by atoms with E-state index in [1.54, 1.807) is 25.3 Å². The van der Waals surface area contributed by atoms with E-state index in [0.29, 0.717) is 15.1 Å². The highest BCUT2D eigenvalue weighted by Gasteiger charge is 2.23. The van der Waals surface area contributed by atoms with Crippen LogP contribution >= 0.6 is 23.4 Å². The van der Waals surface area contributed by atoms with Gasteiger partial charge in [-0.3, -0.25) is 4.79 Å². The third-order valence-electron chi connectivity index (χ3n) is 3.10. The van der Waals surface area contributed by atoms with Gasteiger partial charge in [0, 0.05) is 5.02 Å². The smallest absolute Gasteiger partial charge is 0.264 e. The molecule has 1 heterocycles. The average molecular weight is 345 g/mol. The van der Waals surface area contributed by atoms with Crippen molar-refractivity contribution in [3.8, 4) is 5.75 Å². The molecule has 116 valence electrons. The van der Waals surface area contributed by atoms with E-state index in [1.165, 1.54) is 11.8 Å². The van der Waals surface area contributed by atoms with Gasteiger partial charge in [0.05, 0.1) is 17.7 Å². The van der Waals surface area contributed by atoms with Gasteiger partial charge in [-0.1, -0.05) is 23.7 Å². The Kier molecular flexibility index (Phi) is 4.69. The molecule has 2 aromatic rings. The van der Waals surface area contributed by atoms with Crippen LogP contribution in [-0.2, 0) is 4.79 Å². The van der Waals surface area contributed by atoms with E-state index in [1.807, 2.05) is 36.4 Å². The topological polar surface area (TPSA) is 50.7 Å². The van der Waals surface area contributed by atoms with Gasteiger partial charge in [0.15, 0.2) is 5.17 Å². The standard InChI is InChI=1S/C17H13ClN2O2S/c1-22-14-7-5-13(6-8-14)19-17-20-16(21)15(23-17)10-11-3-2-4-12(18)9-11/h2-10H,1H3,(H,19,20,21)/b15-10-. The first-order chi connectivity index (χ1) is 11.1. The van der Waals surface area contributed by atoms with Gasteiger partial charge in [0.25, 0.3) is 5.91 Å². The molecule has 1 fully saturated rings. The van der Waals surface area contributed by atoms with Crippen LogP contribution in [0.2, 0.25) is 5.02 Å². The van der Waals surface area contributed by atoms with E-state index in [-0.39, 0.29) is 5.91 Å². The lowest BCUT2D eigenvalue weighted by molar-refractivity contribution is -0.115. The van der Waals surface area contributed by atoms with Crippen LogP contribution in [0.1, 0.15) is 5.56 Å². The molecule has 1 aliphatic rings. The highest BCUT2D eigenvalue weighted by molar-refractivity contribution is 8.18. The Hall–Kier alpha value is -2.24. The van der Waals surface area contributed by atoms with Crippen LogP contribution in [-0.4, -0.2) is 18.2 Å². The monoisotopic (exact) mass is 344 g/mol. The lowest BCUT2D eigenvalue weighted by Crippen LogP contribution is -2.19. The maximum Gasteiger partial charge on any atom is 0.264 e. The Balaban J connectivity index is 1.80. The normalized spacial score (nSPS) is 17.6. The molecular formula is C17H13ClN2O2S. The number of carbonyl (C=O) groups excluding carboxylic acids is 1. The van der Waals surface area contributed by atoms with Crippen molar-refractivity contribution in [2.45, 2.75) is 0 Å². The minimum absolute atomic E-state index is 0.165. The molecule has 1 amide bonds. The highest BCUT2D eigenvalue weighted by atomic mass is 35.5. The third-order valence-corrected chi connectivity index (χ3v) is 4.25. The van der Waals surface area contributed by atoms with Crippen LogP contribution in [0.25, 0.3) is 6.08 Å². The molecule has 0 spiro atoms. The van der Waals surface area contributed by atoms with Crippen molar-refractivity contribution in [1.29, 1.82) is 0 Å². The molecule has 3 rings (SSSR count). The molecule has 0 aliphatic carbocycles. The van der Waals surface area contributed by atoms with Crippen molar-refractivity contribution >= 4 is 46.2 Å². The molecule has 4 nitrogen and oxygen atoms in total. The maximum absolute atomic E-state index is 12.0. The molecule has 23 heavy (non-hydrogen) atoms. The second-order valence-corrected chi connectivity index (χ2v) is 6.20. The number of methoxy groups -OCH3 is 1. The molecule has 1 aliphatic heterocycles.